The Morgan fingerprint density at radius 1 is 0.228 bits per heavy atom. The lowest BCUT2D eigenvalue weighted by Crippen LogP contribution is -1.95. The minimum absolute atomic E-state index is 1.15. The Morgan fingerprint density at radius 2 is 0.684 bits per heavy atom. The van der Waals surface area contributed by atoms with Gasteiger partial charge in [0.25, 0.3) is 0 Å². The van der Waals surface area contributed by atoms with E-state index in [1.54, 1.807) is 0 Å². The van der Waals surface area contributed by atoms with Crippen LogP contribution in [0.2, 0.25) is 0 Å². The molecule has 0 radical (unpaired) electrons. The van der Waals surface area contributed by atoms with E-state index >= 15 is 0 Å². The zero-order chi connectivity index (χ0) is 37.2. The van der Waals surface area contributed by atoms with E-state index in [0.717, 1.165) is 5.69 Å². The van der Waals surface area contributed by atoms with Gasteiger partial charge in [0, 0.05) is 54.5 Å². The van der Waals surface area contributed by atoms with Crippen molar-refractivity contribution in [3.63, 3.8) is 0 Å². The third kappa shape index (κ3) is 4.26. The zero-order valence-corrected chi connectivity index (χ0v) is 30.9. The second-order valence-electron chi connectivity index (χ2n) is 15.3. The van der Waals surface area contributed by atoms with Crippen molar-refractivity contribution in [2.45, 2.75) is 0 Å². The predicted octanol–water partition coefficient (Wildman–Crippen LogP) is 14.4. The van der Waals surface area contributed by atoms with E-state index in [0.29, 0.717) is 0 Å². The van der Waals surface area contributed by atoms with Gasteiger partial charge in [-0.2, -0.15) is 0 Å². The molecule has 0 atom stereocenters. The van der Waals surface area contributed by atoms with Gasteiger partial charge in [0.05, 0.1) is 38.6 Å². The molecule has 0 bridgehead atoms. The van der Waals surface area contributed by atoms with E-state index < -0.39 is 0 Å². The van der Waals surface area contributed by atoms with E-state index in [9.17, 15) is 0 Å². The summed E-state index contributed by atoms with van der Waals surface area (Å²) in [6, 6.07) is 73.7. The molecule has 9 aromatic carbocycles. The molecular weight excluding hydrogens is 691 g/mol. The Morgan fingerprint density at radius 3 is 1.42 bits per heavy atom. The first-order valence-electron chi connectivity index (χ1n) is 19.7. The summed E-state index contributed by atoms with van der Waals surface area (Å²) in [5.74, 6) is 0. The predicted molar refractivity (Wildman–Crippen MR) is 241 cm³/mol. The summed E-state index contributed by atoms with van der Waals surface area (Å²) in [5, 5.41) is 10.2. The van der Waals surface area contributed by atoms with Crippen LogP contribution in [0.25, 0.3) is 115 Å². The van der Waals surface area contributed by atoms with Crippen molar-refractivity contribution in [1.82, 2.24) is 13.5 Å². The fourth-order valence-corrected chi connectivity index (χ4v) is 9.87. The van der Waals surface area contributed by atoms with Gasteiger partial charge < -0.3 is 13.5 Å². The van der Waals surface area contributed by atoms with Gasteiger partial charge in [-0.25, -0.2) is 0 Å². The van der Waals surface area contributed by atoms with Crippen molar-refractivity contribution in [2.75, 3.05) is 0 Å². The van der Waals surface area contributed by atoms with Crippen LogP contribution < -0.4 is 0 Å². The maximum Gasteiger partial charge on any atom is 0.0620 e. The lowest BCUT2D eigenvalue weighted by atomic mass is 10.0. The molecule has 3 heteroatoms. The number of para-hydroxylation sites is 5. The number of hydrogen-bond acceptors (Lipinski definition) is 0. The molecular formula is C54H33N3. The fraction of sp³-hybridized carbons (Fsp3) is 0. The average Bonchev–Trinajstić information content (AvgIpc) is 4.00. The van der Waals surface area contributed by atoms with Crippen LogP contribution >= 0.6 is 0 Å². The SMILES string of the molecule is c1ccc(-n2c3ccccc3c3ccc(-c4cccc(-n5c6ccccc6c6cc(-c7ccc8c9cccc%10c%11ccccc%11n(c8c7)c%109)ccc65)c4)cc32)cc1. The van der Waals surface area contributed by atoms with Crippen LogP contribution in [0.1, 0.15) is 0 Å². The van der Waals surface area contributed by atoms with Crippen LogP contribution in [0.4, 0.5) is 0 Å². The molecule has 4 aromatic heterocycles. The van der Waals surface area contributed by atoms with E-state index in [1.165, 1.54) is 110 Å². The summed E-state index contributed by atoms with van der Waals surface area (Å²) in [6.45, 7) is 0. The molecule has 0 aliphatic carbocycles. The molecule has 13 aromatic rings. The third-order valence-electron chi connectivity index (χ3n) is 12.4. The Bertz CT molecular complexity index is 3750. The van der Waals surface area contributed by atoms with Crippen LogP contribution in [0.3, 0.4) is 0 Å². The molecule has 264 valence electrons. The van der Waals surface area contributed by atoms with Crippen molar-refractivity contribution in [2.24, 2.45) is 0 Å². The van der Waals surface area contributed by atoms with E-state index in [1.807, 2.05) is 0 Å². The number of fused-ring (bicyclic) bond motifs is 12. The molecule has 4 heterocycles. The van der Waals surface area contributed by atoms with Crippen molar-refractivity contribution >= 4 is 81.7 Å². The number of aromatic nitrogens is 3. The summed E-state index contributed by atoms with van der Waals surface area (Å²) in [7, 11) is 0. The van der Waals surface area contributed by atoms with Gasteiger partial charge in [-0.3, -0.25) is 0 Å². The van der Waals surface area contributed by atoms with Gasteiger partial charge in [0.2, 0.25) is 0 Å². The van der Waals surface area contributed by atoms with Gasteiger partial charge in [0.15, 0.2) is 0 Å². The molecule has 0 aliphatic heterocycles. The summed E-state index contributed by atoms with van der Waals surface area (Å²) in [5.41, 5.74) is 15.8. The minimum atomic E-state index is 1.15. The highest BCUT2D eigenvalue weighted by Gasteiger charge is 2.19. The van der Waals surface area contributed by atoms with Gasteiger partial charge >= 0.3 is 0 Å². The average molecular weight is 724 g/mol. The molecule has 0 amide bonds. The molecule has 0 aliphatic rings. The van der Waals surface area contributed by atoms with Gasteiger partial charge in [-0.15, -0.1) is 0 Å². The molecule has 57 heavy (non-hydrogen) atoms. The maximum atomic E-state index is 2.47. The minimum Gasteiger partial charge on any atom is -0.309 e. The largest absolute Gasteiger partial charge is 0.309 e. The lowest BCUT2D eigenvalue weighted by Gasteiger charge is -2.12. The topological polar surface area (TPSA) is 14.3 Å². The van der Waals surface area contributed by atoms with Gasteiger partial charge in [0.1, 0.15) is 0 Å². The van der Waals surface area contributed by atoms with Crippen LogP contribution in [0.5, 0.6) is 0 Å². The van der Waals surface area contributed by atoms with E-state index in [-0.39, 0.29) is 0 Å². The third-order valence-corrected chi connectivity index (χ3v) is 12.4. The highest BCUT2D eigenvalue weighted by atomic mass is 15.0. The van der Waals surface area contributed by atoms with Crippen molar-refractivity contribution in [3.8, 4) is 33.6 Å². The normalized spacial score (nSPS) is 12.2. The highest BCUT2D eigenvalue weighted by molar-refractivity contribution is 6.23. The number of benzene rings is 9. The first-order valence-corrected chi connectivity index (χ1v) is 19.7. The second-order valence-corrected chi connectivity index (χ2v) is 15.3. The zero-order valence-electron chi connectivity index (χ0n) is 30.9. The molecule has 0 fully saturated rings. The van der Waals surface area contributed by atoms with Crippen molar-refractivity contribution < 1.29 is 0 Å². The standard InChI is InChI=1S/C54H33N3/c1-2-13-38(14-3-1)55-48-21-7-4-16-40(48)43-27-24-36(32-52(43)55)34-12-10-15-39(30-34)56-49-22-8-6-18-42(49)47-31-35(26-29-51(47)56)37-25-28-44-46-20-11-19-45-41-17-5-9-23-50(41)57(54(45)46)53(44)33-37/h1-33H. The fourth-order valence-electron chi connectivity index (χ4n) is 9.87. The summed E-state index contributed by atoms with van der Waals surface area (Å²) in [6.07, 6.45) is 0. The second kappa shape index (κ2) is 11.5. The van der Waals surface area contributed by atoms with Crippen LogP contribution in [-0.4, -0.2) is 13.5 Å². The lowest BCUT2D eigenvalue weighted by molar-refractivity contribution is 1.18. The first-order chi connectivity index (χ1) is 28.3. The molecule has 0 unspecified atom stereocenters. The number of rotatable bonds is 4. The first kappa shape index (κ1) is 30.7. The number of hydrogen-bond donors (Lipinski definition) is 0. The van der Waals surface area contributed by atoms with Crippen LogP contribution in [0.15, 0.2) is 200 Å². The summed E-state index contributed by atoms with van der Waals surface area (Å²) in [4.78, 5) is 0. The van der Waals surface area contributed by atoms with Gasteiger partial charge in [-0.05, 0) is 89.0 Å². The molecule has 13 rings (SSSR count). The molecule has 3 nitrogen and oxygen atoms in total. The van der Waals surface area contributed by atoms with Crippen molar-refractivity contribution in [3.05, 3.63) is 200 Å². The molecule has 0 saturated carbocycles. The van der Waals surface area contributed by atoms with Crippen molar-refractivity contribution in [1.29, 1.82) is 0 Å². The van der Waals surface area contributed by atoms with E-state index in [4.69, 9.17) is 0 Å². The Kier molecular flexibility index (Phi) is 6.16. The summed E-state index contributed by atoms with van der Waals surface area (Å²) >= 11 is 0. The molecule has 0 saturated heterocycles. The monoisotopic (exact) mass is 723 g/mol. The quantitative estimate of drug-likeness (QED) is 0.172. The highest BCUT2D eigenvalue weighted by Crippen LogP contribution is 2.42. The summed E-state index contributed by atoms with van der Waals surface area (Å²) < 4.78 is 7.29. The van der Waals surface area contributed by atoms with Crippen LogP contribution in [0, 0.1) is 0 Å². The number of nitrogens with zero attached hydrogens (tertiary/aromatic N) is 3. The van der Waals surface area contributed by atoms with Gasteiger partial charge in [-0.1, -0.05) is 133 Å². The Balaban J connectivity index is 0.966. The van der Waals surface area contributed by atoms with Crippen LogP contribution in [-0.2, 0) is 0 Å². The maximum absolute atomic E-state index is 2.47. The molecule has 0 N–H and O–H groups in total. The Hall–Kier alpha value is -7.62. The molecule has 0 spiro atoms. The smallest absolute Gasteiger partial charge is 0.0620 e. The Labute approximate surface area is 327 Å². The van der Waals surface area contributed by atoms with E-state index in [2.05, 4.69) is 214 Å².